The van der Waals surface area contributed by atoms with Crippen LogP contribution in [0.1, 0.15) is 11.1 Å². The highest BCUT2D eigenvalue weighted by Gasteiger charge is 2.19. The van der Waals surface area contributed by atoms with Crippen molar-refractivity contribution in [3.63, 3.8) is 0 Å². The minimum absolute atomic E-state index is 0.144. The van der Waals surface area contributed by atoms with Gasteiger partial charge in [0, 0.05) is 16.4 Å². The summed E-state index contributed by atoms with van der Waals surface area (Å²) < 4.78 is 28.0. The van der Waals surface area contributed by atoms with E-state index in [9.17, 15) is 8.42 Å². The lowest BCUT2D eigenvalue weighted by molar-refractivity contribution is 0.600. The summed E-state index contributed by atoms with van der Waals surface area (Å²) in [6.07, 6.45) is 3.11. The molecule has 0 aliphatic carbocycles. The van der Waals surface area contributed by atoms with E-state index in [-0.39, 0.29) is 4.90 Å². The SMILES string of the molecule is Cc1cncc(NS(=O)(=O)c2cc(Br)cc(N)c2C)c1. The molecule has 1 aromatic carbocycles. The molecule has 0 atom stereocenters. The Hall–Kier alpha value is -1.60. The van der Waals surface area contributed by atoms with Crippen molar-refractivity contribution in [3.8, 4) is 0 Å². The zero-order valence-electron chi connectivity index (χ0n) is 11.0. The second-order valence-corrected chi connectivity index (χ2v) is 7.04. The highest BCUT2D eigenvalue weighted by atomic mass is 79.9. The fourth-order valence-electron chi connectivity index (χ4n) is 1.77. The molecule has 106 valence electrons. The first-order valence-corrected chi connectivity index (χ1v) is 8.07. The number of anilines is 2. The van der Waals surface area contributed by atoms with Crippen molar-refractivity contribution >= 4 is 37.3 Å². The zero-order valence-corrected chi connectivity index (χ0v) is 13.4. The highest BCUT2D eigenvalue weighted by Crippen LogP contribution is 2.27. The molecule has 1 heterocycles. The first-order valence-electron chi connectivity index (χ1n) is 5.80. The molecular weight excluding hydrogens is 342 g/mol. The lowest BCUT2D eigenvalue weighted by atomic mass is 10.2. The van der Waals surface area contributed by atoms with Crippen LogP contribution in [0.2, 0.25) is 0 Å². The molecule has 0 aliphatic rings. The molecule has 0 bridgehead atoms. The minimum Gasteiger partial charge on any atom is -0.398 e. The highest BCUT2D eigenvalue weighted by molar-refractivity contribution is 9.10. The van der Waals surface area contributed by atoms with Gasteiger partial charge >= 0.3 is 0 Å². The van der Waals surface area contributed by atoms with Gasteiger partial charge in [0.05, 0.1) is 16.8 Å². The maximum atomic E-state index is 12.4. The summed E-state index contributed by atoms with van der Waals surface area (Å²) in [7, 11) is -3.71. The number of hydrogen-bond acceptors (Lipinski definition) is 4. The molecule has 0 saturated heterocycles. The van der Waals surface area contributed by atoms with E-state index >= 15 is 0 Å². The fourth-order valence-corrected chi connectivity index (χ4v) is 3.74. The number of rotatable bonds is 3. The lowest BCUT2D eigenvalue weighted by Crippen LogP contribution is -2.15. The Labute approximate surface area is 126 Å². The van der Waals surface area contributed by atoms with Gasteiger partial charge in [-0.2, -0.15) is 0 Å². The van der Waals surface area contributed by atoms with Gasteiger partial charge in [-0.3, -0.25) is 9.71 Å². The molecule has 2 rings (SSSR count). The maximum Gasteiger partial charge on any atom is 0.262 e. The monoisotopic (exact) mass is 355 g/mol. The number of nitrogens with two attached hydrogens (primary N) is 1. The predicted octanol–water partition coefficient (Wildman–Crippen LogP) is 2.84. The Morgan fingerprint density at radius 3 is 2.55 bits per heavy atom. The van der Waals surface area contributed by atoms with Crippen LogP contribution >= 0.6 is 15.9 Å². The van der Waals surface area contributed by atoms with Crippen LogP contribution < -0.4 is 10.5 Å². The van der Waals surface area contributed by atoms with Crippen molar-refractivity contribution < 1.29 is 8.42 Å². The van der Waals surface area contributed by atoms with E-state index in [1.54, 1.807) is 25.3 Å². The van der Waals surface area contributed by atoms with Crippen molar-refractivity contribution in [1.29, 1.82) is 0 Å². The second kappa shape index (κ2) is 5.41. The average molecular weight is 356 g/mol. The molecule has 7 heteroatoms. The van der Waals surface area contributed by atoms with Gasteiger partial charge in [-0.05, 0) is 43.2 Å². The van der Waals surface area contributed by atoms with E-state index in [4.69, 9.17) is 5.73 Å². The van der Waals surface area contributed by atoms with Crippen LogP contribution in [0.15, 0.2) is 40.0 Å². The molecule has 3 N–H and O–H groups in total. The number of nitrogens with zero attached hydrogens (tertiary/aromatic N) is 1. The Bertz CT molecular complexity index is 760. The van der Waals surface area contributed by atoms with Crippen molar-refractivity contribution in [2.24, 2.45) is 0 Å². The molecule has 0 unspecified atom stereocenters. The number of aryl methyl sites for hydroxylation is 1. The number of aromatic nitrogens is 1. The number of pyridine rings is 1. The third kappa shape index (κ3) is 3.10. The Morgan fingerprint density at radius 2 is 1.90 bits per heavy atom. The summed E-state index contributed by atoms with van der Waals surface area (Å²) in [6, 6.07) is 4.90. The standard InChI is InChI=1S/C13H14BrN3O2S/c1-8-3-11(7-16-6-8)17-20(18,19)13-5-10(14)4-12(15)9(13)2/h3-7,17H,15H2,1-2H3. The van der Waals surface area contributed by atoms with Crippen LogP contribution in [0.5, 0.6) is 0 Å². The molecule has 0 amide bonds. The van der Waals surface area contributed by atoms with Crippen molar-refractivity contribution in [2.75, 3.05) is 10.5 Å². The van der Waals surface area contributed by atoms with Crippen LogP contribution in [-0.4, -0.2) is 13.4 Å². The predicted molar refractivity (Wildman–Crippen MR) is 83.1 cm³/mol. The van der Waals surface area contributed by atoms with E-state index in [1.807, 2.05) is 6.92 Å². The molecule has 0 fully saturated rings. The molecule has 1 aromatic heterocycles. The van der Waals surface area contributed by atoms with E-state index in [0.29, 0.717) is 21.4 Å². The largest absolute Gasteiger partial charge is 0.398 e. The number of halogens is 1. The second-order valence-electron chi connectivity index (χ2n) is 4.47. The smallest absolute Gasteiger partial charge is 0.262 e. The summed E-state index contributed by atoms with van der Waals surface area (Å²) in [6.45, 7) is 3.51. The summed E-state index contributed by atoms with van der Waals surface area (Å²) in [4.78, 5) is 4.10. The first-order chi connectivity index (χ1) is 9.29. The summed E-state index contributed by atoms with van der Waals surface area (Å²) in [5, 5.41) is 0. The van der Waals surface area contributed by atoms with Gasteiger partial charge in [0.15, 0.2) is 0 Å². The van der Waals surface area contributed by atoms with Gasteiger partial charge in [0.25, 0.3) is 10.0 Å². The van der Waals surface area contributed by atoms with Gasteiger partial charge in [0.1, 0.15) is 0 Å². The van der Waals surface area contributed by atoms with E-state index in [1.165, 1.54) is 12.3 Å². The maximum absolute atomic E-state index is 12.4. The molecule has 0 saturated carbocycles. The number of hydrogen-bond donors (Lipinski definition) is 2. The van der Waals surface area contributed by atoms with Gasteiger partial charge in [-0.15, -0.1) is 0 Å². The summed E-state index contributed by atoms with van der Waals surface area (Å²) in [5.41, 5.74) is 8.03. The molecule has 0 radical (unpaired) electrons. The first kappa shape index (κ1) is 14.8. The van der Waals surface area contributed by atoms with Gasteiger partial charge in [-0.25, -0.2) is 8.42 Å². The van der Waals surface area contributed by atoms with Gasteiger partial charge in [-0.1, -0.05) is 15.9 Å². The fraction of sp³-hybridized carbons (Fsp3) is 0.154. The Morgan fingerprint density at radius 1 is 1.20 bits per heavy atom. The van der Waals surface area contributed by atoms with Crippen LogP contribution in [0, 0.1) is 13.8 Å². The number of sulfonamides is 1. The minimum atomic E-state index is -3.71. The van der Waals surface area contributed by atoms with E-state index in [2.05, 4.69) is 25.6 Å². The van der Waals surface area contributed by atoms with Gasteiger partial charge < -0.3 is 5.73 Å². The number of nitrogen functional groups attached to an aromatic ring is 1. The van der Waals surface area contributed by atoms with Crippen LogP contribution in [0.3, 0.4) is 0 Å². The van der Waals surface area contributed by atoms with Gasteiger partial charge in [0.2, 0.25) is 0 Å². The quantitative estimate of drug-likeness (QED) is 0.829. The molecule has 2 aromatic rings. The molecule has 0 spiro atoms. The Balaban J connectivity index is 2.46. The van der Waals surface area contributed by atoms with Crippen LogP contribution in [-0.2, 0) is 10.0 Å². The number of benzene rings is 1. The van der Waals surface area contributed by atoms with Crippen molar-refractivity contribution in [2.45, 2.75) is 18.7 Å². The third-order valence-electron chi connectivity index (χ3n) is 2.78. The molecule has 5 nitrogen and oxygen atoms in total. The van der Waals surface area contributed by atoms with Crippen molar-refractivity contribution in [3.05, 3.63) is 46.2 Å². The lowest BCUT2D eigenvalue weighted by Gasteiger charge is -2.12. The molecular formula is C13H14BrN3O2S. The third-order valence-corrected chi connectivity index (χ3v) is 4.75. The number of nitrogens with one attached hydrogen (secondary N) is 1. The van der Waals surface area contributed by atoms with E-state index in [0.717, 1.165) is 5.56 Å². The van der Waals surface area contributed by atoms with Crippen LogP contribution in [0.25, 0.3) is 0 Å². The summed E-state index contributed by atoms with van der Waals surface area (Å²) in [5.74, 6) is 0. The normalized spacial score (nSPS) is 11.3. The van der Waals surface area contributed by atoms with Crippen LogP contribution in [0.4, 0.5) is 11.4 Å². The van der Waals surface area contributed by atoms with E-state index < -0.39 is 10.0 Å². The molecule has 20 heavy (non-hydrogen) atoms. The van der Waals surface area contributed by atoms with Crippen molar-refractivity contribution in [1.82, 2.24) is 4.98 Å². The topological polar surface area (TPSA) is 85.1 Å². The zero-order chi connectivity index (χ0) is 14.9. The average Bonchev–Trinajstić information content (AvgIpc) is 2.33. The molecule has 0 aliphatic heterocycles. The Kier molecular flexibility index (Phi) is 4.01. The summed E-state index contributed by atoms with van der Waals surface area (Å²) >= 11 is 3.25.